The smallest absolute Gasteiger partial charge is 0.159 e. The Kier molecular flexibility index (Phi) is 4.38. The van der Waals surface area contributed by atoms with Gasteiger partial charge in [-0.2, -0.15) is 0 Å². The van der Waals surface area contributed by atoms with Crippen molar-refractivity contribution in [1.82, 2.24) is 0 Å². The van der Waals surface area contributed by atoms with E-state index in [9.17, 15) is 13.9 Å². The van der Waals surface area contributed by atoms with E-state index in [1.165, 1.54) is 13.2 Å². The van der Waals surface area contributed by atoms with Crippen LogP contribution in [-0.2, 0) is 11.2 Å². The van der Waals surface area contributed by atoms with Crippen LogP contribution in [0.1, 0.15) is 18.9 Å². The van der Waals surface area contributed by atoms with Gasteiger partial charge in [-0.05, 0) is 24.1 Å². The first-order valence-corrected chi connectivity index (χ1v) is 5.16. The maximum Gasteiger partial charge on any atom is 0.159 e. The highest BCUT2D eigenvalue weighted by molar-refractivity contribution is 5.19. The quantitative estimate of drug-likeness (QED) is 0.841. The predicted molar refractivity (Wildman–Crippen MR) is 57.2 cm³/mol. The van der Waals surface area contributed by atoms with E-state index in [4.69, 9.17) is 4.74 Å². The second-order valence-electron chi connectivity index (χ2n) is 3.94. The Labute approximate surface area is 93.9 Å². The molecular formula is C12H16F2O2. The van der Waals surface area contributed by atoms with Gasteiger partial charge < -0.3 is 9.84 Å². The number of hydrogen-bond acceptors (Lipinski definition) is 2. The van der Waals surface area contributed by atoms with Gasteiger partial charge in [0.2, 0.25) is 0 Å². The molecule has 0 aliphatic rings. The van der Waals surface area contributed by atoms with Gasteiger partial charge in [0.05, 0.1) is 12.2 Å². The molecule has 0 aliphatic carbocycles. The van der Waals surface area contributed by atoms with Crippen molar-refractivity contribution in [2.45, 2.75) is 25.4 Å². The van der Waals surface area contributed by atoms with Gasteiger partial charge in [-0.15, -0.1) is 0 Å². The van der Waals surface area contributed by atoms with E-state index in [1.54, 1.807) is 0 Å². The largest absolute Gasteiger partial charge is 0.387 e. The molecule has 1 unspecified atom stereocenters. The molecule has 0 aromatic heterocycles. The minimum atomic E-state index is -1.03. The van der Waals surface area contributed by atoms with Crippen molar-refractivity contribution in [2.75, 3.05) is 13.7 Å². The number of hydrogen-bond donors (Lipinski definition) is 1. The van der Waals surface area contributed by atoms with E-state index >= 15 is 0 Å². The van der Waals surface area contributed by atoms with Crippen LogP contribution in [0.3, 0.4) is 0 Å². The molecule has 90 valence electrons. The molecular weight excluding hydrogens is 214 g/mol. The lowest BCUT2D eigenvalue weighted by Gasteiger charge is -2.25. The SMILES string of the molecule is CCC(O)(COC)Cc1ccc(F)c(F)c1. The van der Waals surface area contributed by atoms with Crippen LogP contribution in [0, 0.1) is 11.6 Å². The van der Waals surface area contributed by atoms with Gasteiger partial charge in [0, 0.05) is 13.5 Å². The molecule has 0 spiro atoms. The Bertz CT molecular complexity index is 355. The van der Waals surface area contributed by atoms with Gasteiger partial charge in [-0.3, -0.25) is 0 Å². The Hall–Kier alpha value is -1.00. The molecule has 1 atom stereocenters. The molecule has 2 nitrogen and oxygen atoms in total. The summed E-state index contributed by atoms with van der Waals surface area (Å²) >= 11 is 0. The molecule has 0 heterocycles. The van der Waals surface area contributed by atoms with Crippen molar-refractivity contribution in [3.8, 4) is 0 Å². The molecule has 0 saturated carbocycles. The fourth-order valence-electron chi connectivity index (χ4n) is 1.58. The van der Waals surface area contributed by atoms with E-state index in [-0.39, 0.29) is 13.0 Å². The van der Waals surface area contributed by atoms with Gasteiger partial charge in [-0.25, -0.2) is 8.78 Å². The van der Waals surface area contributed by atoms with Crippen molar-refractivity contribution >= 4 is 0 Å². The van der Waals surface area contributed by atoms with E-state index in [1.807, 2.05) is 6.92 Å². The molecule has 0 saturated heterocycles. The second-order valence-corrected chi connectivity index (χ2v) is 3.94. The first-order valence-electron chi connectivity index (χ1n) is 5.16. The predicted octanol–water partition coefficient (Wildman–Crippen LogP) is 2.29. The van der Waals surface area contributed by atoms with Crippen LogP contribution >= 0.6 is 0 Å². The first kappa shape index (κ1) is 13.1. The molecule has 0 fully saturated rings. The summed E-state index contributed by atoms with van der Waals surface area (Å²) in [4.78, 5) is 0. The lowest BCUT2D eigenvalue weighted by atomic mass is 9.93. The number of benzene rings is 1. The molecule has 1 aromatic rings. The zero-order valence-electron chi connectivity index (χ0n) is 9.46. The Morgan fingerprint density at radius 2 is 2.00 bits per heavy atom. The van der Waals surface area contributed by atoms with E-state index in [0.29, 0.717) is 12.0 Å². The minimum absolute atomic E-state index is 0.169. The summed E-state index contributed by atoms with van der Waals surface area (Å²) in [6, 6.07) is 3.63. The highest BCUT2D eigenvalue weighted by atomic mass is 19.2. The highest BCUT2D eigenvalue weighted by Crippen LogP contribution is 2.19. The van der Waals surface area contributed by atoms with Crippen LogP contribution in [0.25, 0.3) is 0 Å². The summed E-state index contributed by atoms with van der Waals surface area (Å²) in [6.07, 6.45) is 0.731. The van der Waals surface area contributed by atoms with Crippen LogP contribution < -0.4 is 0 Å². The third kappa shape index (κ3) is 3.25. The van der Waals surface area contributed by atoms with Crippen molar-refractivity contribution in [2.24, 2.45) is 0 Å². The summed E-state index contributed by atoms with van der Waals surface area (Å²) in [5.41, 5.74) is -0.473. The van der Waals surface area contributed by atoms with Crippen molar-refractivity contribution in [3.63, 3.8) is 0 Å². The molecule has 0 amide bonds. The van der Waals surface area contributed by atoms with Gasteiger partial charge >= 0.3 is 0 Å². The average Bonchev–Trinajstić information content (AvgIpc) is 2.24. The number of ether oxygens (including phenoxy) is 1. The molecule has 1 N–H and O–H groups in total. The van der Waals surface area contributed by atoms with Gasteiger partial charge in [0.25, 0.3) is 0 Å². The highest BCUT2D eigenvalue weighted by Gasteiger charge is 2.25. The van der Waals surface area contributed by atoms with E-state index < -0.39 is 17.2 Å². The summed E-state index contributed by atoms with van der Waals surface area (Å²) in [6.45, 7) is 1.99. The number of aliphatic hydroxyl groups is 1. The Morgan fingerprint density at radius 1 is 1.31 bits per heavy atom. The average molecular weight is 230 g/mol. The Morgan fingerprint density at radius 3 is 2.50 bits per heavy atom. The van der Waals surface area contributed by atoms with Crippen LogP contribution in [0.2, 0.25) is 0 Å². The minimum Gasteiger partial charge on any atom is -0.387 e. The van der Waals surface area contributed by atoms with E-state index in [0.717, 1.165) is 12.1 Å². The topological polar surface area (TPSA) is 29.5 Å². The monoisotopic (exact) mass is 230 g/mol. The standard InChI is InChI=1S/C12H16F2O2/c1-3-12(15,8-16-2)7-9-4-5-10(13)11(14)6-9/h4-6,15H,3,7-8H2,1-2H3. The molecule has 1 aromatic carbocycles. The molecule has 16 heavy (non-hydrogen) atoms. The summed E-state index contributed by atoms with van der Waals surface area (Å²) in [5.74, 6) is -1.77. The number of rotatable bonds is 5. The van der Waals surface area contributed by atoms with Gasteiger partial charge in [-0.1, -0.05) is 13.0 Å². The van der Waals surface area contributed by atoms with E-state index in [2.05, 4.69) is 0 Å². The zero-order valence-corrected chi connectivity index (χ0v) is 9.46. The molecule has 4 heteroatoms. The van der Waals surface area contributed by atoms with Crippen molar-refractivity contribution in [3.05, 3.63) is 35.4 Å². The van der Waals surface area contributed by atoms with Gasteiger partial charge in [0.15, 0.2) is 11.6 Å². The maximum atomic E-state index is 13.0. The normalized spacial score (nSPS) is 14.8. The molecule has 0 bridgehead atoms. The van der Waals surface area contributed by atoms with Crippen molar-refractivity contribution in [1.29, 1.82) is 0 Å². The molecule has 1 rings (SSSR count). The second kappa shape index (κ2) is 5.37. The Balaban J connectivity index is 2.81. The molecule has 0 radical (unpaired) electrons. The first-order chi connectivity index (χ1) is 7.50. The summed E-state index contributed by atoms with van der Waals surface area (Å²) < 4.78 is 30.6. The van der Waals surface area contributed by atoms with Crippen LogP contribution in [-0.4, -0.2) is 24.4 Å². The van der Waals surface area contributed by atoms with Gasteiger partial charge in [0.1, 0.15) is 0 Å². The van der Waals surface area contributed by atoms with Crippen LogP contribution in [0.15, 0.2) is 18.2 Å². The maximum absolute atomic E-state index is 13.0. The number of methoxy groups -OCH3 is 1. The lowest BCUT2D eigenvalue weighted by Crippen LogP contribution is -2.35. The van der Waals surface area contributed by atoms with Crippen molar-refractivity contribution < 1.29 is 18.6 Å². The third-order valence-electron chi connectivity index (χ3n) is 2.59. The molecule has 0 aliphatic heterocycles. The lowest BCUT2D eigenvalue weighted by molar-refractivity contribution is -0.0333. The summed E-state index contributed by atoms with van der Waals surface area (Å²) in [7, 11) is 1.49. The summed E-state index contributed by atoms with van der Waals surface area (Å²) in [5, 5.41) is 10.1. The zero-order chi connectivity index (χ0) is 12.2. The number of halogens is 2. The fourth-order valence-corrected chi connectivity index (χ4v) is 1.58. The third-order valence-corrected chi connectivity index (χ3v) is 2.59. The fraction of sp³-hybridized carbons (Fsp3) is 0.500. The van der Waals surface area contributed by atoms with Crippen LogP contribution in [0.4, 0.5) is 8.78 Å². The van der Waals surface area contributed by atoms with Crippen LogP contribution in [0.5, 0.6) is 0 Å².